The van der Waals surface area contributed by atoms with Crippen LogP contribution in [0.1, 0.15) is 11.1 Å². The van der Waals surface area contributed by atoms with Gasteiger partial charge in [0.05, 0.1) is 5.56 Å². The topological polar surface area (TPSA) is 48.0 Å². The molecule has 18 heavy (non-hydrogen) atoms. The molecule has 0 unspecified atom stereocenters. The SMILES string of the molecule is Cn1cc(C(F)(F)F)c2cc(CN)ccc2c1=O. The van der Waals surface area contributed by atoms with E-state index in [1.165, 1.54) is 19.2 Å². The van der Waals surface area contributed by atoms with E-state index in [1.54, 1.807) is 6.07 Å². The van der Waals surface area contributed by atoms with Crippen LogP contribution in [0.4, 0.5) is 13.2 Å². The van der Waals surface area contributed by atoms with Crippen LogP contribution in [-0.2, 0) is 19.8 Å². The molecule has 0 radical (unpaired) electrons. The van der Waals surface area contributed by atoms with Crippen LogP contribution >= 0.6 is 0 Å². The molecule has 0 amide bonds. The molecule has 0 saturated carbocycles. The van der Waals surface area contributed by atoms with E-state index in [-0.39, 0.29) is 17.3 Å². The van der Waals surface area contributed by atoms with Crippen molar-refractivity contribution in [2.24, 2.45) is 12.8 Å². The number of nitrogens with zero attached hydrogens (tertiary/aromatic N) is 1. The maximum atomic E-state index is 12.9. The van der Waals surface area contributed by atoms with Crippen LogP contribution in [0, 0.1) is 0 Å². The van der Waals surface area contributed by atoms with Crippen molar-refractivity contribution in [1.82, 2.24) is 4.57 Å². The van der Waals surface area contributed by atoms with Crippen molar-refractivity contribution < 1.29 is 13.2 Å². The first-order chi connectivity index (χ1) is 8.34. The van der Waals surface area contributed by atoms with Gasteiger partial charge in [0.2, 0.25) is 0 Å². The van der Waals surface area contributed by atoms with E-state index in [2.05, 4.69) is 0 Å². The number of fused-ring (bicyclic) bond motifs is 1. The summed E-state index contributed by atoms with van der Waals surface area (Å²) in [5, 5.41) is -0.0573. The highest BCUT2D eigenvalue weighted by atomic mass is 19.4. The third-order valence-corrected chi connectivity index (χ3v) is 2.79. The molecule has 0 saturated heterocycles. The van der Waals surface area contributed by atoms with E-state index in [1.807, 2.05) is 0 Å². The molecular formula is C12H11F3N2O. The van der Waals surface area contributed by atoms with E-state index >= 15 is 0 Å². The molecule has 0 aliphatic carbocycles. The lowest BCUT2D eigenvalue weighted by Gasteiger charge is -2.13. The molecule has 2 aromatic rings. The van der Waals surface area contributed by atoms with Gasteiger partial charge in [0.1, 0.15) is 0 Å². The van der Waals surface area contributed by atoms with Gasteiger partial charge in [-0.25, -0.2) is 0 Å². The van der Waals surface area contributed by atoms with Gasteiger partial charge in [-0.1, -0.05) is 6.07 Å². The Kier molecular flexibility index (Phi) is 2.90. The van der Waals surface area contributed by atoms with Gasteiger partial charge in [0.15, 0.2) is 0 Å². The number of alkyl halides is 3. The van der Waals surface area contributed by atoms with Crippen LogP contribution in [0.3, 0.4) is 0 Å². The fraction of sp³-hybridized carbons (Fsp3) is 0.250. The Morgan fingerprint density at radius 3 is 2.50 bits per heavy atom. The maximum absolute atomic E-state index is 12.9. The van der Waals surface area contributed by atoms with Crippen molar-refractivity contribution in [1.29, 1.82) is 0 Å². The number of aryl methyl sites for hydroxylation is 1. The number of halogens is 3. The van der Waals surface area contributed by atoms with Gasteiger partial charge in [-0.3, -0.25) is 4.79 Å². The van der Waals surface area contributed by atoms with Gasteiger partial charge in [-0.05, 0) is 17.7 Å². The largest absolute Gasteiger partial charge is 0.418 e. The summed E-state index contributed by atoms with van der Waals surface area (Å²) in [6.45, 7) is 0.127. The normalized spacial score (nSPS) is 12.1. The van der Waals surface area contributed by atoms with Gasteiger partial charge < -0.3 is 10.3 Å². The predicted molar refractivity (Wildman–Crippen MR) is 62.1 cm³/mol. The molecule has 2 rings (SSSR count). The fourth-order valence-corrected chi connectivity index (χ4v) is 1.87. The van der Waals surface area contributed by atoms with E-state index < -0.39 is 17.3 Å². The lowest BCUT2D eigenvalue weighted by molar-refractivity contribution is -0.136. The second kappa shape index (κ2) is 4.13. The molecule has 0 bridgehead atoms. The summed E-state index contributed by atoms with van der Waals surface area (Å²) in [5.41, 5.74) is 4.68. The zero-order chi connectivity index (χ0) is 13.5. The first kappa shape index (κ1) is 12.6. The Bertz CT molecular complexity index is 659. The molecule has 1 heterocycles. The highest BCUT2D eigenvalue weighted by Gasteiger charge is 2.33. The number of nitrogens with two attached hydrogens (primary N) is 1. The Morgan fingerprint density at radius 1 is 1.28 bits per heavy atom. The van der Waals surface area contributed by atoms with E-state index in [0.29, 0.717) is 5.56 Å². The zero-order valence-corrected chi connectivity index (χ0v) is 9.58. The van der Waals surface area contributed by atoms with Crippen LogP contribution in [0.15, 0.2) is 29.2 Å². The summed E-state index contributed by atoms with van der Waals surface area (Å²) in [6.07, 6.45) is -3.69. The molecule has 0 atom stereocenters. The Morgan fingerprint density at radius 2 is 1.94 bits per heavy atom. The van der Waals surface area contributed by atoms with Crippen molar-refractivity contribution in [3.63, 3.8) is 0 Å². The number of pyridine rings is 1. The summed E-state index contributed by atoms with van der Waals surface area (Å²) in [4.78, 5) is 11.8. The van der Waals surface area contributed by atoms with Crippen LogP contribution in [-0.4, -0.2) is 4.57 Å². The van der Waals surface area contributed by atoms with Crippen molar-refractivity contribution in [3.8, 4) is 0 Å². The van der Waals surface area contributed by atoms with Gasteiger partial charge in [-0.2, -0.15) is 13.2 Å². The first-order valence-corrected chi connectivity index (χ1v) is 5.24. The molecule has 6 heteroatoms. The lowest BCUT2D eigenvalue weighted by Crippen LogP contribution is -2.20. The van der Waals surface area contributed by atoms with Gasteiger partial charge in [-0.15, -0.1) is 0 Å². The third-order valence-electron chi connectivity index (χ3n) is 2.79. The van der Waals surface area contributed by atoms with Crippen LogP contribution in [0.2, 0.25) is 0 Å². The van der Waals surface area contributed by atoms with Crippen LogP contribution in [0.25, 0.3) is 10.8 Å². The second-order valence-electron chi connectivity index (χ2n) is 4.04. The Labute approximate surface area is 101 Å². The van der Waals surface area contributed by atoms with Crippen molar-refractivity contribution in [3.05, 3.63) is 45.9 Å². The second-order valence-corrected chi connectivity index (χ2v) is 4.04. The third kappa shape index (κ3) is 1.99. The monoisotopic (exact) mass is 256 g/mol. The van der Waals surface area contributed by atoms with Crippen molar-refractivity contribution in [2.45, 2.75) is 12.7 Å². The van der Waals surface area contributed by atoms with Gasteiger partial charge in [0.25, 0.3) is 5.56 Å². The minimum Gasteiger partial charge on any atom is -0.326 e. The summed E-state index contributed by atoms with van der Waals surface area (Å²) >= 11 is 0. The standard InChI is InChI=1S/C12H11F3N2O/c1-17-6-10(12(13,14)15)9-4-7(5-16)2-3-8(9)11(17)18/h2-4,6H,5,16H2,1H3. The van der Waals surface area contributed by atoms with Crippen molar-refractivity contribution in [2.75, 3.05) is 0 Å². The molecular weight excluding hydrogens is 245 g/mol. The summed E-state index contributed by atoms with van der Waals surface area (Å²) < 4.78 is 39.7. The molecule has 0 spiro atoms. The average molecular weight is 256 g/mol. The number of rotatable bonds is 1. The molecule has 0 aliphatic rings. The highest BCUT2D eigenvalue weighted by molar-refractivity contribution is 5.85. The number of hydrogen-bond acceptors (Lipinski definition) is 2. The van der Waals surface area contributed by atoms with Crippen molar-refractivity contribution >= 4 is 10.8 Å². The smallest absolute Gasteiger partial charge is 0.326 e. The molecule has 1 aromatic heterocycles. The highest BCUT2D eigenvalue weighted by Crippen LogP contribution is 2.33. The molecule has 1 aromatic carbocycles. The van der Waals surface area contributed by atoms with Crippen LogP contribution in [0.5, 0.6) is 0 Å². The fourth-order valence-electron chi connectivity index (χ4n) is 1.87. The summed E-state index contributed by atoms with van der Waals surface area (Å²) in [7, 11) is 1.30. The number of benzene rings is 1. The first-order valence-electron chi connectivity index (χ1n) is 5.24. The Hall–Kier alpha value is -1.82. The predicted octanol–water partition coefficient (Wildman–Crippen LogP) is 2.02. The lowest BCUT2D eigenvalue weighted by atomic mass is 10.0. The number of aromatic nitrogens is 1. The molecule has 0 aliphatic heterocycles. The van der Waals surface area contributed by atoms with E-state index in [4.69, 9.17) is 5.73 Å². The van der Waals surface area contributed by atoms with E-state index in [0.717, 1.165) is 10.8 Å². The maximum Gasteiger partial charge on any atom is 0.418 e. The summed E-state index contributed by atoms with van der Waals surface area (Å²) in [5.74, 6) is 0. The van der Waals surface area contributed by atoms with Gasteiger partial charge >= 0.3 is 6.18 Å². The van der Waals surface area contributed by atoms with E-state index in [9.17, 15) is 18.0 Å². The minimum absolute atomic E-state index is 0.0459. The zero-order valence-electron chi connectivity index (χ0n) is 9.58. The molecule has 3 nitrogen and oxygen atoms in total. The molecule has 0 fully saturated rings. The molecule has 2 N–H and O–H groups in total. The average Bonchev–Trinajstić information content (AvgIpc) is 2.31. The summed E-state index contributed by atoms with van der Waals surface area (Å²) in [6, 6.07) is 4.26. The van der Waals surface area contributed by atoms with Gasteiger partial charge in [0, 0.05) is 30.6 Å². The molecule has 96 valence electrons. The Balaban J connectivity index is 2.93. The number of hydrogen-bond donors (Lipinski definition) is 1. The minimum atomic E-state index is -4.50. The quantitative estimate of drug-likeness (QED) is 0.848. The van der Waals surface area contributed by atoms with Crippen LogP contribution < -0.4 is 11.3 Å².